The molecule has 0 spiro atoms. The molecule has 2 aliphatic rings. The van der Waals surface area contributed by atoms with Crippen LogP contribution >= 0.6 is 0 Å². The quantitative estimate of drug-likeness (QED) is 0.561. The summed E-state index contributed by atoms with van der Waals surface area (Å²) < 4.78 is 9.15. The lowest BCUT2D eigenvalue weighted by Gasteiger charge is -2.35. The highest BCUT2D eigenvalue weighted by molar-refractivity contribution is 6.08. The molecule has 3 amide bonds. The van der Waals surface area contributed by atoms with Gasteiger partial charge in [0.1, 0.15) is 0 Å². The van der Waals surface area contributed by atoms with E-state index in [0.717, 1.165) is 15.7 Å². The number of ether oxygens (including phenoxy) is 1. The molecular formula is C24H27N7O5. The van der Waals surface area contributed by atoms with Crippen molar-refractivity contribution in [2.24, 2.45) is 14.1 Å². The van der Waals surface area contributed by atoms with Crippen LogP contribution < -0.4 is 21.5 Å². The molecular weight excluding hydrogens is 466 g/mol. The zero-order valence-electron chi connectivity index (χ0n) is 20.7. The number of carbonyl (C=O) groups excluding carboxylic acids is 2. The summed E-state index contributed by atoms with van der Waals surface area (Å²) in [5.74, 6) is -0.154. The molecule has 2 aliphatic heterocycles. The van der Waals surface area contributed by atoms with Crippen molar-refractivity contribution < 1.29 is 14.3 Å². The molecule has 0 fully saturated rings. The SMILES string of the molecule is COCCN1C(=O)C2=C(Cn3c1nc1c3c(=O)n(C)c(=O)n1C)N(C)C(=O)NC2c1ccc(C)cc1. The van der Waals surface area contributed by atoms with Crippen LogP contribution in [0.25, 0.3) is 11.2 Å². The van der Waals surface area contributed by atoms with Gasteiger partial charge in [0.05, 0.1) is 37.0 Å². The molecule has 36 heavy (non-hydrogen) atoms. The molecule has 0 bridgehead atoms. The van der Waals surface area contributed by atoms with Gasteiger partial charge in [0.15, 0.2) is 11.2 Å². The van der Waals surface area contributed by atoms with Crippen LogP contribution in [-0.4, -0.2) is 62.8 Å². The molecule has 3 aromatic rings. The molecule has 1 aromatic carbocycles. The zero-order chi connectivity index (χ0) is 25.9. The van der Waals surface area contributed by atoms with Crippen molar-refractivity contribution in [1.29, 1.82) is 0 Å². The van der Waals surface area contributed by atoms with Crippen LogP contribution in [-0.2, 0) is 30.2 Å². The van der Waals surface area contributed by atoms with E-state index in [1.807, 2.05) is 31.2 Å². The number of methoxy groups -OCH3 is 1. The van der Waals surface area contributed by atoms with Crippen LogP contribution in [0.4, 0.5) is 10.7 Å². The number of likely N-dealkylation sites (N-methyl/N-ethyl adjacent to an activating group) is 1. The van der Waals surface area contributed by atoms with Gasteiger partial charge in [-0.2, -0.15) is 4.98 Å². The second-order valence-corrected chi connectivity index (χ2v) is 9.04. The predicted octanol–water partition coefficient (Wildman–Crippen LogP) is 0.386. The van der Waals surface area contributed by atoms with Gasteiger partial charge < -0.3 is 10.1 Å². The third-order valence-electron chi connectivity index (χ3n) is 6.86. The van der Waals surface area contributed by atoms with Crippen molar-refractivity contribution in [3.05, 3.63) is 67.5 Å². The van der Waals surface area contributed by atoms with Gasteiger partial charge in [-0.05, 0) is 12.5 Å². The van der Waals surface area contributed by atoms with E-state index in [0.29, 0.717) is 11.3 Å². The van der Waals surface area contributed by atoms with Crippen molar-refractivity contribution in [1.82, 2.24) is 28.9 Å². The number of aromatic nitrogens is 4. The van der Waals surface area contributed by atoms with Crippen LogP contribution in [0.2, 0.25) is 0 Å². The largest absolute Gasteiger partial charge is 0.383 e. The van der Waals surface area contributed by atoms with Crippen LogP contribution in [0.15, 0.2) is 45.1 Å². The molecule has 2 aromatic heterocycles. The first kappa shape index (κ1) is 23.5. The van der Waals surface area contributed by atoms with E-state index in [2.05, 4.69) is 10.3 Å². The number of allylic oxidation sites excluding steroid dienone is 1. The van der Waals surface area contributed by atoms with Crippen molar-refractivity contribution in [2.75, 3.05) is 32.2 Å². The second-order valence-electron chi connectivity index (χ2n) is 9.04. The van der Waals surface area contributed by atoms with Crippen molar-refractivity contribution in [3.63, 3.8) is 0 Å². The lowest BCUT2D eigenvalue weighted by atomic mass is 9.93. The maximum atomic E-state index is 14.2. The van der Waals surface area contributed by atoms with E-state index in [-0.39, 0.29) is 48.7 Å². The molecule has 188 valence electrons. The number of hydrogen-bond acceptors (Lipinski definition) is 6. The Kier molecular flexibility index (Phi) is 5.55. The summed E-state index contributed by atoms with van der Waals surface area (Å²) in [5, 5.41) is 2.94. The highest BCUT2D eigenvalue weighted by Crippen LogP contribution is 2.37. The number of urea groups is 1. The summed E-state index contributed by atoms with van der Waals surface area (Å²) in [6, 6.07) is 6.55. The number of hydrogen-bond donors (Lipinski definition) is 1. The minimum absolute atomic E-state index is 0.0378. The van der Waals surface area contributed by atoms with Gasteiger partial charge in [-0.1, -0.05) is 29.8 Å². The van der Waals surface area contributed by atoms with E-state index in [9.17, 15) is 19.2 Å². The summed E-state index contributed by atoms with van der Waals surface area (Å²) >= 11 is 0. The summed E-state index contributed by atoms with van der Waals surface area (Å²) in [6.07, 6.45) is 0. The van der Waals surface area contributed by atoms with E-state index in [4.69, 9.17) is 4.74 Å². The molecule has 1 N–H and O–H groups in total. The van der Waals surface area contributed by atoms with Crippen molar-refractivity contribution >= 4 is 29.1 Å². The Labute approximate surface area is 206 Å². The Hall–Kier alpha value is -4.19. The van der Waals surface area contributed by atoms with Crippen LogP contribution in [0.3, 0.4) is 0 Å². The van der Waals surface area contributed by atoms with E-state index in [1.54, 1.807) is 11.6 Å². The maximum absolute atomic E-state index is 14.2. The van der Waals surface area contributed by atoms with Crippen molar-refractivity contribution in [2.45, 2.75) is 19.5 Å². The lowest BCUT2D eigenvalue weighted by Crippen LogP contribution is -2.49. The van der Waals surface area contributed by atoms with E-state index in [1.165, 1.54) is 35.6 Å². The first-order chi connectivity index (χ1) is 17.1. The van der Waals surface area contributed by atoms with Crippen LogP contribution in [0.1, 0.15) is 17.2 Å². The Morgan fingerprint density at radius 1 is 1.06 bits per heavy atom. The van der Waals surface area contributed by atoms with Gasteiger partial charge in [-0.3, -0.25) is 33.1 Å². The maximum Gasteiger partial charge on any atom is 0.332 e. The van der Waals surface area contributed by atoms with Gasteiger partial charge in [0, 0.05) is 28.3 Å². The number of aryl methyl sites for hydroxylation is 2. The van der Waals surface area contributed by atoms with E-state index >= 15 is 0 Å². The predicted molar refractivity (Wildman–Crippen MR) is 132 cm³/mol. The third-order valence-corrected chi connectivity index (χ3v) is 6.86. The third kappa shape index (κ3) is 3.36. The number of carbonyl (C=O) groups is 2. The molecule has 0 saturated carbocycles. The average Bonchev–Trinajstić information content (AvgIpc) is 3.18. The van der Waals surface area contributed by atoms with Crippen LogP contribution in [0.5, 0.6) is 0 Å². The minimum Gasteiger partial charge on any atom is -0.383 e. The van der Waals surface area contributed by atoms with Crippen LogP contribution in [0, 0.1) is 6.92 Å². The number of fused-ring (bicyclic) bond motifs is 3. The minimum atomic E-state index is -0.690. The first-order valence-corrected chi connectivity index (χ1v) is 11.5. The normalized spacial score (nSPS) is 17.9. The Balaban J connectivity index is 1.81. The number of amides is 3. The van der Waals surface area contributed by atoms with Gasteiger partial charge in [0.25, 0.3) is 11.5 Å². The molecule has 4 heterocycles. The summed E-state index contributed by atoms with van der Waals surface area (Å²) in [5.41, 5.74) is 1.92. The molecule has 1 unspecified atom stereocenters. The molecule has 12 nitrogen and oxygen atoms in total. The van der Waals surface area contributed by atoms with Gasteiger partial charge in [0.2, 0.25) is 5.95 Å². The molecule has 0 saturated heterocycles. The number of benzene rings is 1. The molecule has 12 heteroatoms. The van der Waals surface area contributed by atoms with Gasteiger partial charge in [-0.15, -0.1) is 0 Å². The first-order valence-electron chi connectivity index (χ1n) is 11.5. The number of rotatable bonds is 4. The highest BCUT2D eigenvalue weighted by atomic mass is 16.5. The molecule has 0 radical (unpaired) electrons. The Bertz CT molecular complexity index is 1560. The molecule has 0 aliphatic carbocycles. The summed E-state index contributed by atoms with van der Waals surface area (Å²) in [7, 11) is 6.03. The fourth-order valence-electron chi connectivity index (χ4n) is 4.77. The number of imidazole rings is 1. The van der Waals surface area contributed by atoms with E-state index < -0.39 is 17.3 Å². The Morgan fingerprint density at radius 2 is 1.75 bits per heavy atom. The summed E-state index contributed by atoms with van der Waals surface area (Å²) in [4.78, 5) is 60.4. The fraction of sp³-hybridized carbons (Fsp3) is 0.375. The molecule has 1 atom stereocenters. The highest BCUT2D eigenvalue weighted by Gasteiger charge is 2.42. The number of nitrogens with zero attached hydrogens (tertiary/aromatic N) is 6. The summed E-state index contributed by atoms with van der Waals surface area (Å²) in [6.45, 7) is 2.37. The molecule has 5 rings (SSSR count). The monoisotopic (exact) mass is 493 g/mol. The number of anilines is 1. The topological polar surface area (TPSA) is 124 Å². The van der Waals surface area contributed by atoms with Crippen molar-refractivity contribution in [3.8, 4) is 0 Å². The second kappa shape index (κ2) is 8.48. The van der Waals surface area contributed by atoms with Gasteiger partial charge in [-0.25, -0.2) is 9.59 Å². The average molecular weight is 494 g/mol. The smallest absolute Gasteiger partial charge is 0.332 e. The fourth-order valence-corrected chi connectivity index (χ4v) is 4.77. The lowest BCUT2D eigenvalue weighted by molar-refractivity contribution is -0.115. The zero-order valence-corrected chi connectivity index (χ0v) is 20.7. The standard InChI is InChI=1S/C24H27N7O5/c1-13-6-8-14(9-7-13)17-16-15(27(2)23(34)25-17)12-31-18-19(28(3)24(35)29(4)21(18)33)26-22(31)30(20(16)32)10-11-36-5/h6-9,17H,10-12H2,1-5H3,(H,25,34). The number of nitrogens with one attached hydrogen (secondary N) is 1. The van der Waals surface area contributed by atoms with Gasteiger partial charge >= 0.3 is 11.7 Å². The Morgan fingerprint density at radius 3 is 2.42 bits per heavy atom.